The molecule has 0 radical (unpaired) electrons. The molecular weight excluding hydrogens is 788 g/mol. The summed E-state index contributed by atoms with van der Waals surface area (Å²) in [7, 11) is -2.74. The van der Waals surface area contributed by atoms with Crippen LogP contribution in [-0.4, -0.2) is 5.04 Å². The highest BCUT2D eigenvalue weighted by Crippen LogP contribution is 2.67. The molecule has 0 aromatic heterocycles. The van der Waals surface area contributed by atoms with Gasteiger partial charge in [0, 0.05) is 35.3 Å². The molecule has 0 amide bonds. The number of benzene rings is 7. The van der Waals surface area contributed by atoms with E-state index in [1.807, 2.05) is 42.5 Å². The van der Waals surface area contributed by atoms with Crippen LogP contribution in [0, 0.1) is 0 Å². The third-order valence-corrected chi connectivity index (χ3v) is 16.8. The second kappa shape index (κ2) is 18.1. The quantitative estimate of drug-likeness (QED) is 0.0558. The van der Waals surface area contributed by atoms with Crippen molar-refractivity contribution >= 4 is 98.3 Å². The Morgan fingerprint density at radius 1 is 0.377 bits per heavy atom. The van der Waals surface area contributed by atoms with Crippen LogP contribution in [0.3, 0.4) is 0 Å². The molecule has 1 nitrogen and oxygen atoms in total. The van der Waals surface area contributed by atoms with Crippen molar-refractivity contribution in [2.24, 2.45) is 4.99 Å². The van der Waals surface area contributed by atoms with E-state index in [9.17, 15) is 0 Å². The van der Waals surface area contributed by atoms with Crippen LogP contribution < -0.4 is 15.9 Å². The number of rotatable bonds is 11. The molecule has 7 aromatic rings. The van der Waals surface area contributed by atoms with E-state index in [1.54, 1.807) is 35.3 Å². The lowest BCUT2D eigenvalue weighted by Crippen LogP contribution is -2.32. The topological polar surface area (TPSA) is 12.4 Å². The Morgan fingerprint density at radius 3 is 1.06 bits per heavy atom. The zero-order valence-corrected chi connectivity index (χ0v) is 33.8. The first-order valence-electron chi connectivity index (χ1n) is 16.7. The summed E-state index contributed by atoms with van der Waals surface area (Å²) in [5.41, 5.74) is 2.01. The molecule has 53 heavy (non-hydrogen) atoms. The standard InChI is InChI=1S/C45H32Cl3NPS3/c46-34-21-27-40(28-22-34)51-44(33-13-5-1-6-14-33)49-43(45(52-41-29-23-35(47)24-30-41)53-42-31-25-36(48)26-32-42)50(37-15-7-2-8-16-37,38-17-9-3-10-18-38)39-19-11-4-12-20-39/h1-32H/q+1. The molecule has 0 N–H and O–H groups in total. The average molecular weight is 820 g/mol. The van der Waals surface area contributed by atoms with Crippen molar-refractivity contribution in [2.75, 3.05) is 0 Å². The second-order valence-corrected chi connectivity index (χ2v) is 19.9. The number of thioether (sulfide) groups is 3. The summed E-state index contributed by atoms with van der Waals surface area (Å²) < 4.78 is 1.05. The van der Waals surface area contributed by atoms with Gasteiger partial charge in [-0.05, 0) is 109 Å². The largest absolute Gasteiger partial charge is 0.220 e. The van der Waals surface area contributed by atoms with Crippen molar-refractivity contribution in [3.05, 3.63) is 224 Å². The van der Waals surface area contributed by atoms with Gasteiger partial charge in [-0.2, -0.15) is 0 Å². The molecule has 8 heteroatoms. The molecule has 0 saturated heterocycles. The molecule has 7 rings (SSSR count). The Labute approximate surface area is 339 Å². The molecule has 0 heterocycles. The maximum atomic E-state index is 6.43. The van der Waals surface area contributed by atoms with Gasteiger partial charge in [0.25, 0.3) is 0 Å². The minimum Gasteiger partial charge on any atom is -0.204 e. The van der Waals surface area contributed by atoms with E-state index in [-0.39, 0.29) is 0 Å². The van der Waals surface area contributed by atoms with E-state index in [0.29, 0.717) is 15.1 Å². The van der Waals surface area contributed by atoms with Gasteiger partial charge < -0.3 is 0 Å². The van der Waals surface area contributed by atoms with Crippen molar-refractivity contribution in [3.63, 3.8) is 0 Å². The zero-order chi connectivity index (χ0) is 36.5. The Kier molecular flexibility index (Phi) is 12.8. The smallest absolute Gasteiger partial charge is 0.204 e. The summed E-state index contributed by atoms with van der Waals surface area (Å²) in [6.45, 7) is 0. The molecule has 0 fully saturated rings. The minimum absolute atomic E-state index is 0.689. The van der Waals surface area contributed by atoms with Gasteiger partial charge >= 0.3 is 0 Å². The van der Waals surface area contributed by atoms with Crippen LogP contribution in [0.1, 0.15) is 5.56 Å². The fourth-order valence-corrected chi connectivity index (χ4v) is 14.2. The van der Waals surface area contributed by atoms with Gasteiger partial charge in [0.2, 0.25) is 5.44 Å². The zero-order valence-electron chi connectivity index (χ0n) is 28.2. The predicted octanol–water partition coefficient (Wildman–Crippen LogP) is 13.9. The average Bonchev–Trinajstić information content (AvgIpc) is 3.21. The fourth-order valence-electron chi connectivity index (χ4n) is 5.80. The predicted molar refractivity (Wildman–Crippen MR) is 237 cm³/mol. The van der Waals surface area contributed by atoms with Crippen LogP contribution in [0.2, 0.25) is 15.1 Å². The van der Waals surface area contributed by atoms with Crippen LogP contribution in [0.5, 0.6) is 0 Å². The molecule has 260 valence electrons. The lowest BCUT2D eigenvalue weighted by Gasteiger charge is -2.29. The normalized spacial score (nSPS) is 11.6. The third kappa shape index (κ3) is 9.16. The highest BCUT2D eigenvalue weighted by Gasteiger charge is 2.52. The van der Waals surface area contributed by atoms with Crippen LogP contribution in [0.15, 0.2) is 223 Å². The van der Waals surface area contributed by atoms with Gasteiger partial charge in [-0.15, -0.1) is 0 Å². The molecular formula is C45H32Cl3NPS3+. The summed E-state index contributed by atoms with van der Waals surface area (Å²) in [6.07, 6.45) is 0. The van der Waals surface area contributed by atoms with E-state index in [4.69, 9.17) is 39.8 Å². The lowest BCUT2D eigenvalue weighted by atomic mass is 10.2. The van der Waals surface area contributed by atoms with E-state index in [1.165, 1.54) is 15.9 Å². The summed E-state index contributed by atoms with van der Waals surface area (Å²) in [5, 5.41) is 6.54. The molecule has 0 aliphatic carbocycles. The SMILES string of the molecule is Clc1ccc(SC(=NC(=C(Sc2ccc(Cl)cc2)Sc2ccc(Cl)cc2)[P+](c2ccccc2)(c2ccccc2)c2ccccc2)c2ccccc2)cc1. The Balaban J connectivity index is 1.64. The number of halogens is 3. The maximum Gasteiger partial charge on any atom is 0.220 e. The van der Waals surface area contributed by atoms with Gasteiger partial charge in [0.05, 0.1) is 0 Å². The summed E-state index contributed by atoms with van der Waals surface area (Å²) >= 11 is 24.3. The third-order valence-electron chi connectivity index (χ3n) is 8.24. The second-order valence-electron chi connectivity index (χ2n) is 11.7. The molecule has 0 bridgehead atoms. The number of nitrogens with zero attached hydrogens (tertiary/aromatic N) is 1. The fraction of sp³-hybridized carbons (Fsp3) is 0. The van der Waals surface area contributed by atoms with Crippen molar-refractivity contribution < 1.29 is 0 Å². The molecule has 0 atom stereocenters. The van der Waals surface area contributed by atoms with Gasteiger partial charge in [0.1, 0.15) is 25.2 Å². The van der Waals surface area contributed by atoms with Gasteiger partial charge in [-0.1, -0.05) is 155 Å². The van der Waals surface area contributed by atoms with E-state index < -0.39 is 7.26 Å². The number of hydrogen-bond donors (Lipinski definition) is 0. The summed E-state index contributed by atoms with van der Waals surface area (Å²) in [6, 6.07) is 67.1. The van der Waals surface area contributed by atoms with Gasteiger partial charge in [-0.3, -0.25) is 0 Å². The van der Waals surface area contributed by atoms with Crippen LogP contribution >= 0.6 is 77.4 Å². The Bertz CT molecular complexity index is 2160. The van der Waals surface area contributed by atoms with Crippen molar-refractivity contribution in [1.29, 1.82) is 0 Å². The first kappa shape index (κ1) is 37.6. The highest BCUT2D eigenvalue weighted by molar-refractivity contribution is 8.23. The Hall–Kier alpha value is -3.70. The molecule has 7 aromatic carbocycles. The molecule has 0 aliphatic heterocycles. The summed E-state index contributed by atoms with van der Waals surface area (Å²) in [5.74, 6) is 0. The van der Waals surface area contributed by atoms with Crippen LogP contribution in [0.25, 0.3) is 0 Å². The maximum absolute atomic E-state index is 6.43. The first-order chi connectivity index (χ1) is 26.0. The first-order valence-corrected chi connectivity index (χ1v) is 22.1. The van der Waals surface area contributed by atoms with E-state index in [2.05, 4.69) is 152 Å². The molecule has 0 unspecified atom stereocenters. The molecule has 0 saturated carbocycles. The minimum atomic E-state index is -2.74. The highest BCUT2D eigenvalue weighted by atomic mass is 35.5. The number of aliphatic imine (C=N–C) groups is 1. The molecule has 0 aliphatic rings. The van der Waals surface area contributed by atoms with Crippen LogP contribution in [0.4, 0.5) is 0 Å². The van der Waals surface area contributed by atoms with Crippen LogP contribution in [-0.2, 0) is 0 Å². The summed E-state index contributed by atoms with van der Waals surface area (Å²) in [4.78, 5) is 9.12. The van der Waals surface area contributed by atoms with Crippen molar-refractivity contribution in [2.45, 2.75) is 14.7 Å². The molecule has 0 spiro atoms. The Morgan fingerprint density at radius 2 is 0.698 bits per heavy atom. The lowest BCUT2D eigenvalue weighted by molar-refractivity contribution is 1.44. The van der Waals surface area contributed by atoms with Gasteiger partial charge in [0.15, 0.2) is 7.26 Å². The van der Waals surface area contributed by atoms with E-state index in [0.717, 1.165) is 35.0 Å². The van der Waals surface area contributed by atoms with Crippen molar-refractivity contribution in [3.8, 4) is 0 Å². The monoisotopic (exact) mass is 818 g/mol. The van der Waals surface area contributed by atoms with Gasteiger partial charge in [-0.25, -0.2) is 4.99 Å². The van der Waals surface area contributed by atoms with Crippen molar-refractivity contribution in [1.82, 2.24) is 0 Å². The number of hydrogen-bond acceptors (Lipinski definition) is 4. The van der Waals surface area contributed by atoms with E-state index >= 15 is 0 Å².